The second kappa shape index (κ2) is 5.57. The van der Waals surface area contributed by atoms with E-state index in [-0.39, 0.29) is 0 Å². The summed E-state index contributed by atoms with van der Waals surface area (Å²) in [5.41, 5.74) is 6.64. The number of methoxy groups -OCH3 is 1. The number of hydrogen-bond acceptors (Lipinski definition) is 4. The molecule has 1 aromatic rings. The minimum absolute atomic E-state index is 0.549. The van der Waals surface area contributed by atoms with E-state index >= 15 is 0 Å². The molecule has 0 spiro atoms. The predicted octanol–water partition coefficient (Wildman–Crippen LogP) is 0.623. The minimum atomic E-state index is 0.549. The van der Waals surface area contributed by atoms with Crippen LogP contribution in [0.15, 0.2) is 18.3 Å². The van der Waals surface area contributed by atoms with Gasteiger partial charge >= 0.3 is 0 Å². The first-order valence-corrected chi connectivity index (χ1v) is 4.63. The van der Waals surface area contributed by atoms with Gasteiger partial charge in [-0.05, 0) is 17.7 Å². The SMILES string of the molecule is COCCN(C)c1cc(CN)ccn1. The molecule has 0 saturated carbocycles. The molecule has 4 heteroatoms. The summed E-state index contributed by atoms with van der Waals surface area (Å²) < 4.78 is 5.00. The van der Waals surface area contributed by atoms with E-state index < -0.39 is 0 Å². The van der Waals surface area contributed by atoms with E-state index in [0.717, 1.165) is 17.9 Å². The van der Waals surface area contributed by atoms with Gasteiger partial charge in [-0.15, -0.1) is 0 Å². The van der Waals surface area contributed by atoms with Gasteiger partial charge < -0.3 is 15.4 Å². The number of pyridine rings is 1. The van der Waals surface area contributed by atoms with Gasteiger partial charge in [0.25, 0.3) is 0 Å². The zero-order valence-electron chi connectivity index (χ0n) is 8.73. The van der Waals surface area contributed by atoms with Crippen LogP contribution in [0.25, 0.3) is 0 Å². The van der Waals surface area contributed by atoms with Gasteiger partial charge in [0.15, 0.2) is 0 Å². The number of rotatable bonds is 5. The van der Waals surface area contributed by atoms with Crippen molar-refractivity contribution in [3.05, 3.63) is 23.9 Å². The third-order valence-corrected chi connectivity index (χ3v) is 2.07. The largest absolute Gasteiger partial charge is 0.383 e. The van der Waals surface area contributed by atoms with Crippen molar-refractivity contribution in [1.82, 2.24) is 4.98 Å². The summed E-state index contributed by atoms with van der Waals surface area (Å²) in [6.45, 7) is 2.08. The Morgan fingerprint density at radius 3 is 3.00 bits per heavy atom. The van der Waals surface area contributed by atoms with Gasteiger partial charge in [0.05, 0.1) is 6.61 Å². The maximum absolute atomic E-state index is 5.55. The number of nitrogens with two attached hydrogens (primary N) is 1. The molecule has 14 heavy (non-hydrogen) atoms. The van der Waals surface area contributed by atoms with Gasteiger partial charge in [0.1, 0.15) is 5.82 Å². The lowest BCUT2D eigenvalue weighted by atomic mass is 10.2. The number of anilines is 1. The van der Waals surface area contributed by atoms with Crippen LogP contribution >= 0.6 is 0 Å². The minimum Gasteiger partial charge on any atom is -0.383 e. The molecular weight excluding hydrogens is 178 g/mol. The van der Waals surface area contributed by atoms with Crippen LogP contribution in [-0.2, 0) is 11.3 Å². The summed E-state index contributed by atoms with van der Waals surface area (Å²) in [6, 6.07) is 3.92. The Balaban J connectivity index is 2.64. The second-order valence-electron chi connectivity index (χ2n) is 3.14. The van der Waals surface area contributed by atoms with Crippen molar-refractivity contribution in [2.75, 3.05) is 32.2 Å². The van der Waals surface area contributed by atoms with Crippen LogP contribution in [0.2, 0.25) is 0 Å². The van der Waals surface area contributed by atoms with E-state index in [0.29, 0.717) is 13.2 Å². The summed E-state index contributed by atoms with van der Waals surface area (Å²) in [7, 11) is 3.68. The zero-order valence-corrected chi connectivity index (χ0v) is 8.73. The molecule has 4 nitrogen and oxygen atoms in total. The van der Waals surface area contributed by atoms with Crippen LogP contribution < -0.4 is 10.6 Å². The number of likely N-dealkylation sites (N-methyl/N-ethyl adjacent to an activating group) is 1. The normalized spacial score (nSPS) is 10.2. The van der Waals surface area contributed by atoms with Crippen molar-refractivity contribution in [3.8, 4) is 0 Å². The average molecular weight is 195 g/mol. The van der Waals surface area contributed by atoms with E-state index in [1.165, 1.54) is 0 Å². The molecule has 0 aliphatic heterocycles. The predicted molar refractivity (Wildman–Crippen MR) is 57.3 cm³/mol. The Morgan fingerprint density at radius 1 is 1.57 bits per heavy atom. The standard InChI is InChI=1S/C10H17N3O/c1-13(5-6-14-2)10-7-9(8-11)3-4-12-10/h3-4,7H,5-6,8,11H2,1-2H3. The Bertz CT molecular complexity index is 278. The molecule has 0 bridgehead atoms. The molecule has 0 aromatic carbocycles. The van der Waals surface area contributed by atoms with E-state index in [2.05, 4.69) is 4.98 Å². The van der Waals surface area contributed by atoms with Gasteiger partial charge in [-0.1, -0.05) is 0 Å². The van der Waals surface area contributed by atoms with Crippen LogP contribution in [0.5, 0.6) is 0 Å². The molecule has 0 unspecified atom stereocenters. The molecule has 0 radical (unpaired) electrons. The second-order valence-corrected chi connectivity index (χ2v) is 3.14. The lowest BCUT2D eigenvalue weighted by molar-refractivity contribution is 0.206. The third kappa shape index (κ3) is 2.97. The average Bonchev–Trinajstić information content (AvgIpc) is 2.26. The fraction of sp³-hybridized carbons (Fsp3) is 0.500. The first kappa shape index (κ1) is 10.9. The lowest BCUT2D eigenvalue weighted by Gasteiger charge is -2.17. The molecule has 0 atom stereocenters. The van der Waals surface area contributed by atoms with Crippen molar-refractivity contribution >= 4 is 5.82 Å². The van der Waals surface area contributed by atoms with Crippen LogP contribution in [-0.4, -0.2) is 32.3 Å². The van der Waals surface area contributed by atoms with E-state index in [9.17, 15) is 0 Å². The molecular formula is C10H17N3O. The molecule has 0 fully saturated rings. The molecule has 1 aromatic heterocycles. The fourth-order valence-electron chi connectivity index (χ4n) is 1.14. The number of nitrogens with zero attached hydrogens (tertiary/aromatic N) is 2. The maximum Gasteiger partial charge on any atom is 0.128 e. The maximum atomic E-state index is 5.55. The van der Waals surface area contributed by atoms with Gasteiger partial charge in [0, 0.05) is 33.4 Å². The monoisotopic (exact) mass is 195 g/mol. The molecule has 0 saturated heterocycles. The van der Waals surface area contributed by atoms with Gasteiger partial charge in [0.2, 0.25) is 0 Å². The number of ether oxygens (including phenoxy) is 1. The number of aromatic nitrogens is 1. The molecule has 0 aliphatic carbocycles. The Hall–Kier alpha value is -1.13. The summed E-state index contributed by atoms with van der Waals surface area (Å²) >= 11 is 0. The van der Waals surface area contributed by atoms with Crippen LogP contribution in [0, 0.1) is 0 Å². The molecule has 1 heterocycles. The smallest absolute Gasteiger partial charge is 0.128 e. The highest BCUT2D eigenvalue weighted by atomic mass is 16.5. The molecule has 2 N–H and O–H groups in total. The van der Waals surface area contributed by atoms with Crippen molar-refractivity contribution in [2.24, 2.45) is 5.73 Å². The van der Waals surface area contributed by atoms with Crippen molar-refractivity contribution in [2.45, 2.75) is 6.54 Å². The first-order chi connectivity index (χ1) is 6.77. The molecule has 78 valence electrons. The summed E-state index contributed by atoms with van der Waals surface area (Å²) in [5.74, 6) is 0.935. The molecule has 1 rings (SSSR count). The third-order valence-electron chi connectivity index (χ3n) is 2.07. The summed E-state index contributed by atoms with van der Waals surface area (Å²) in [4.78, 5) is 6.30. The van der Waals surface area contributed by atoms with Crippen molar-refractivity contribution in [3.63, 3.8) is 0 Å². The van der Waals surface area contributed by atoms with Gasteiger partial charge in [-0.25, -0.2) is 4.98 Å². The number of hydrogen-bond donors (Lipinski definition) is 1. The Labute approximate surface area is 84.7 Å². The topological polar surface area (TPSA) is 51.4 Å². The van der Waals surface area contributed by atoms with Crippen molar-refractivity contribution in [1.29, 1.82) is 0 Å². The van der Waals surface area contributed by atoms with Crippen LogP contribution in [0.4, 0.5) is 5.82 Å². The Kier molecular flexibility index (Phi) is 4.35. The lowest BCUT2D eigenvalue weighted by Crippen LogP contribution is -2.23. The van der Waals surface area contributed by atoms with E-state index in [4.69, 9.17) is 10.5 Å². The van der Waals surface area contributed by atoms with Crippen LogP contribution in [0.1, 0.15) is 5.56 Å². The Morgan fingerprint density at radius 2 is 2.36 bits per heavy atom. The first-order valence-electron chi connectivity index (χ1n) is 4.63. The quantitative estimate of drug-likeness (QED) is 0.748. The van der Waals surface area contributed by atoms with E-state index in [1.54, 1.807) is 13.3 Å². The molecule has 0 amide bonds. The highest BCUT2D eigenvalue weighted by molar-refractivity contribution is 5.39. The summed E-state index contributed by atoms with van der Waals surface area (Å²) in [6.07, 6.45) is 1.78. The van der Waals surface area contributed by atoms with Gasteiger partial charge in [-0.2, -0.15) is 0 Å². The van der Waals surface area contributed by atoms with Crippen molar-refractivity contribution < 1.29 is 4.74 Å². The summed E-state index contributed by atoms with van der Waals surface area (Å²) in [5, 5.41) is 0. The molecule has 0 aliphatic rings. The highest BCUT2D eigenvalue weighted by Crippen LogP contribution is 2.09. The van der Waals surface area contributed by atoms with E-state index in [1.807, 2.05) is 24.1 Å². The van der Waals surface area contributed by atoms with Gasteiger partial charge in [-0.3, -0.25) is 0 Å². The van der Waals surface area contributed by atoms with Crippen LogP contribution in [0.3, 0.4) is 0 Å². The highest BCUT2D eigenvalue weighted by Gasteiger charge is 2.01. The zero-order chi connectivity index (χ0) is 10.4. The fourth-order valence-corrected chi connectivity index (χ4v) is 1.14.